The van der Waals surface area contributed by atoms with Crippen molar-refractivity contribution in [3.63, 3.8) is 0 Å². The first-order chi connectivity index (χ1) is 10.4. The van der Waals surface area contributed by atoms with Crippen LogP contribution in [0.5, 0.6) is 11.5 Å². The molecule has 0 unspecified atom stereocenters. The van der Waals surface area contributed by atoms with Crippen LogP contribution >= 0.6 is 24.0 Å². The van der Waals surface area contributed by atoms with Crippen LogP contribution in [-0.2, 0) is 0 Å². The molecule has 0 aliphatic carbocycles. The Labute approximate surface area is 142 Å². The highest BCUT2D eigenvalue weighted by atomic mass is 35.5. The van der Waals surface area contributed by atoms with E-state index in [0.717, 1.165) is 0 Å². The first kappa shape index (κ1) is 19.4. The average molecular weight is 368 g/mol. The van der Waals surface area contributed by atoms with Gasteiger partial charge in [0.05, 0.1) is 0 Å². The summed E-state index contributed by atoms with van der Waals surface area (Å²) in [5.74, 6) is -0.422. The normalized spacial score (nSPS) is 10.8. The van der Waals surface area contributed by atoms with Crippen molar-refractivity contribution in [3.05, 3.63) is 47.5 Å². The summed E-state index contributed by atoms with van der Waals surface area (Å²) >= 11 is 5.79. The Morgan fingerprint density at radius 2 is 1.57 bits per heavy atom. The fourth-order valence-electron chi connectivity index (χ4n) is 1.82. The van der Waals surface area contributed by atoms with Gasteiger partial charge in [-0.15, -0.1) is 25.6 Å². The predicted molar refractivity (Wildman–Crippen MR) is 85.4 cm³/mol. The van der Waals surface area contributed by atoms with Crippen molar-refractivity contribution in [3.8, 4) is 22.6 Å². The summed E-state index contributed by atoms with van der Waals surface area (Å²) in [6.45, 7) is 0.277. The Bertz CT molecular complexity index is 634. The Hall–Kier alpha value is -1.63. The van der Waals surface area contributed by atoms with Gasteiger partial charge in [-0.2, -0.15) is 0 Å². The van der Waals surface area contributed by atoms with Gasteiger partial charge in [0.2, 0.25) is 0 Å². The molecule has 3 nitrogen and oxygen atoms in total. The van der Waals surface area contributed by atoms with E-state index in [1.54, 1.807) is 30.3 Å². The Kier molecular flexibility index (Phi) is 7.00. The zero-order chi connectivity index (χ0) is 16.2. The van der Waals surface area contributed by atoms with E-state index < -0.39 is 12.1 Å². The lowest BCUT2D eigenvalue weighted by atomic mass is 10.1. The lowest BCUT2D eigenvalue weighted by molar-refractivity contribution is -0.275. The Balaban J connectivity index is 0.00000264. The van der Waals surface area contributed by atoms with Crippen molar-refractivity contribution >= 4 is 24.0 Å². The van der Waals surface area contributed by atoms with Gasteiger partial charge in [-0.25, -0.2) is 0 Å². The molecule has 8 heteroatoms. The quantitative estimate of drug-likeness (QED) is 0.835. The highest BCUT2D eigenvalue weighted by Crippen LogP contribution is 2.36. The zero-order valence-corrected chi connectivity index (χ0v) is 13.3. The van der Waals surface area contributed by atoms with Crippen LogP contribution in [0.3, 0.4) is 0 Å². The molecular formula is C15H14Cl2F3NO2. The Morgan fingerprint density at radius 1 is 0.957 bits per heavy atom. The number of rotatable bonds is 5. The molecule has 2 aromatic rings. The second kappa shape index (κ2) is 8.29. The molecule has 0 heterocycles. The van der Waals surface area contributed by atoms with Gasteiger partial charge in [0.1, 0.15) is 6.61 Å². The number of halogens is 5. The number of hydrogen-bond acceptors (Lipinski definition) is 3. The van der Waals surface area contributed by atoms with E-state index in [4.69, 9.17) is 22.1 Å². The fourth-order valence-corrected chi connectivity index (χ4v) is 1.95. The van der Waals surface area contributed by atoms with Gasteiger partial charge in [-0.05, 0) is 35.4 Å². The minimum absolute atomic E-state index is 0. The number of nitrogens with two attached hydrogens (primary N) is 1. The van der Waals surface area contributed by atoms with Crippen LogP contribution in [0.1, 0.15) is 0 Å². The third kappa shape index (κ3) is 5.82. The van der Waals surface area contributed by atoms with Crippen molar-refractivity contribution in [1.29, 1.82) is 0 Å². The topological polar surface area (TPSA) is 44.5 Å². The lowest BCUT2D eigenvalue weighted by Crippen LogP contribution is -2.18. The molecule has 126 valence electrons. The van der Waals surface area contributed by atoms with Crippen LogP contribution < -0.4 is 15.2 Å². The van der Waals surface area contributed by atoms with Crippen LogP contribution in [0.15, 0.2) is 42.5 Å². The molecular weight excluding hydrogens is 354 g/mol. The smallest absolute Gasteiger partial charge is 0.488 e. The first-order valence-electron chi connectivity index (χ1n) is 6.37. The average Bonchev–Trinajstić information content (AvgIpc) is 2.45. The molecule has 23 heavy (non-hydrogen) atoms. The second-order valence-electron chi connectivity index (χ2n) is 4.35. The van der Waals surface area contributed by atoms with Crippen molar-refractivity contribution in [2.24, 2.45) is 5.73 Å². The minimum Gasteiger partial charge on any atom is -0.488 e. The highest BCUT2D eigenvalue weighted by molar-refractivity contribution is 6.30. The molecule has 0 amide bonds. The molecule has 0 bridgehead atoms. The minimum atomic E-state index is -4.81. The van der Waals surface area contributed by atoms with Crippen molar-refractivity contribution in [1.82, 2.24) is 0 Å². The molecule has 0 saturated carbocycles. The zero-order valence-electron chi connectivity index (χ0n) is 11.8. The lowest BCUT2D eigenvalue weighted by Gasteiger charge is -2.15. The third-order valence-corrected chi connectivity index (χ3v) is 2.97. The summed E-state index contributed by atoms with van der Waals surface area (Å²) in [6.07, 6.45) is -4.81. The fraction of sp³-hybridized carbons (Fsp3) is 0.200. The van der Waals surface area contributed by atoms with Gasteiger partial charge < -0.3 is 15.2 Å². The van der Waals surface area contributed by atoms with Gasteiger partial charge in [0, 0.05) is 11.6 Å². The van der Waals surface area contributed by atoms with E-state index in [1.165, 1.54) is 12.1 Å². The van der Waals surface area contributed by atoms with Crippen molar-refractivity contribution in [2.45, 2.75) is 6.36 Å². The molecule has 0 saturated heterocycles. The highest BCUT2D eigenvalue weighted by Gasteiger charge is 2.32. The number of benzene rings is 2. The van der Waals surface area contributed by atoms with Gasteiger partial charge >= 0.3 is 6.36 Å². The molecule has 0 atom stereocenters. The maximum atomic E-state index is 12.5. The monoisotopic (exact) mass is 367 g/mol. The van der Waals surface area contributed by atoms with E-state index in [1.807, 2.05) is 0 Å². The molecule has 0 radical (unpaired) electrons. The molecule has 2 aromatic carbocycles. The summed E-state index contributed by atoms with van der Waals surface area (Å²) in [6, 6.07) is 11.0. The Morgan fingerprint density at radius 3 is 2.13 bits per heavy atom. The van der Waals surface area contributed by atoms with Gasteiger partial charge in [0.25, 0.3) is 0 Å². The van der Waals surface area contributed by atoms with Crippen LogP contribution in [-0.4, -0.2) is 19.5 Å². The maximum absolute atomic E-state index is 12.5. The first-order valence-corrected chi connectivity index (χ1v) is 6.75. The van der Waals surface area contributed by atoms with Crippen LogP contribution in [0.4, 0.5) is 13.2 Å². The summed E-state index contributed by atoms with van der Waals surface area (Å²) in [5, 5.41) is 0.540. The molecule has 2 N–H and O–H groups in total. The molecule has 0 aliphatic rings. The van der Waals surface area contributed by atoms with Crippen molar-refractivity contribution in [2.75, 3.05) is 13.2 Å². The van der Waals surface area contributed by atoms with E-state index in [0.29, 0.717) is 16.1 Å². The number of ether oxygens (including phenoxy) is 2. The largest absolute Gasteiger partial charge is 0.573 e. The maximum Gasteiger partial charge on any atom is 0.573 e. The number of alkyl halides is 3. The molecule has 0 spiro atoms. The van der Waals surface area contributed by atoms with Gasteiger partial charge in [-0.3, -0.25) is 0 Å². The predicted octanol–water partition coefficient (Wildman–Crippen LogP) is 4.66. The molecule has 2 rings (SSSR count). The van der Waals surface area contributed by atoms with Gasteiger partial charge in [0.15, 0.2) is 11.5 Å². The van der Waals surface area contributed by atoms with Gasteiger partial charge in [-0.1, -0.05) is 29.8 Å². The summed E-state index contributed by atoms with van der Waals surface area (Å²) in [4.78, 5) is 0. The molecule has 0 fully saturated rings. The number of hydrogen-bond donors (Lipinski definition) is 1. The van der Waals surface area contributed by atoms with Crippen LogP contribution in [0.2, 0.25) is 5.02 Å². The summed E-state index contributed by atoms with van der Waals surface area (Å²) in [5.41, 5.74) is 6.55. The van der Waals surface area contributed by atoms with Crippen LogP contribution in [0, 0.1) is 0 Å². The van der Waals surface area contributed by atoms with E-state index in [9.17, 15) is 13.2 Å². The summed E-state index contributed by atoms with van der Waals surface area (Å²) < 4.78 is 46.7. The van der Waals surface area contributed by atoms with Crippen molar-refractivity contribution < 1.29 is 22.6 Å². The van der Waals surface area contributed by atoms with E-state index >= 15 is 0 Å². The SMILES string of the molecule is Cl.NCCOc1ccc(-c2ccc(Cl)cc2)cc1OC(F)(F)F. The summed E-state index contributed by atoms with van der Waals surface area (Å²) in [7, 11) is 0. The standard InChI is InChI=1S/C15H13ClF3NO2.ClH/c16-12-4-1-10(2-5-12)11-3-6-13(21-8-7-20)14(9-11)22-15(17,18)19;/h1-6,9H,7-8,20H2;1H. The van der Waals surface area contributed by atoms with Crippen LogP contribution in [0.25, 0.3) is 11.1 Å². The van der Waals surface area contributed by atoms with E-state index in [-0.39, 0.29) is 31.3 Å². The van der Waals surface area contributed by atoms with E-state index in [2.05, 4.69) is 4.74 Å². The second-order valence-corrected chi connectivity index (χ2v) is 4.79. The third-order valence-electron chi connectivity index (χ3n) is 2.72. The molecule has 0 aliphatic heterocycles. The molecule has 0 aromatic heterocycles.